The van der Waals surface area contributed by atoms with Gasteiger partial charge in [0.15, 0.2) is 23.1 Å². The van der Waals surface area contributed by atoms with Crippen molar-refractivity contribution < 1.29 is 18.6 Å². The molecule has 0 saturated heterocycles. The number of imidazole rings is 1. The van der Waals surface area contributed by atoms with Crippen molar-refractivity contribution in [2.24, 2.45) is 0 Å². The molecule has 0 aliphatic heterocycles. The second-order valence-corrected chi connectivity index (χ2v) is 7.37. The van der Waals surface area contributed by atoms with Crippen LogP contribution in [0.25, 0.3) is 21.8 Å². The Kier molecular flexibility index (Phi) is 5.10. The Balaban J connectivity index is 1.46. The highest BCUT2D eigenvalue weighted by Gasteiger charge is 2.15. The van der Waals surface area contributed by atoms with Gasteiger partial charge in [0.05, 0.1) is 25.5 Å². The van der Waals surface area contributed by atoms with Crippen molar-refractivity contribution in [1.29, 1.82) is 0 Å². The van der Waals surface area contributed by atoms with Crippen molar-refractivity contribution in [3.63, 3.8) is 0 Å². The molecule has 2 aromatic carbocycles. The van der Waals surface area contributed by atoms with Gasteiger partial charge >= 0.3 is 0 Å². The minimum Gasteiger partial charge on any atom is -0.493 e. The van der Waals surface area contributed by atoms with Crippen LogP contribution in [0.1, 0.15) is 5.69 Å². The first-order valence-electron chi connectivity index (χ1n) is 10.1. The second-order valence-electron chi connectivity index (χ2n) is 7.37. The average molecular weight is 432 g/mol. The first kappa shape index (κ1) is 19.9. The Morgan fingerprint density at radius 2 is 1.91 bits per heavy atom. The molecule has 5 aromatic rings. The van der Waals surface area contributed by atoms with Crippen LogP contribution in [-0.2, 0) is 6.54 Å². The smallest absolute Gasteiger partial charge is 0.175 e. The number of aromatic nitrogens is 4. The molecule has 32 heavy (non-hydrogen) atoms. The molecule has 0 radical (unpaired) electrons. The molecule has 1 N–H and O–H groups in total. The van der Waals surface area contributed by atoms with Crippen molar-refractivity contribution in [2.75, 3.05) is 13.7 Å². The second kappa shape index (κ2) is 8.22. The minimum absolute atomic E-state index is 0.142. The molecule has 0 unspecified atom stereocenters. The lowest BCUT2D eigenvalue weighted by Crippen LogP contribution is -2.07. The Morgan fingerprint density at radius 3 is 2.72 bits per heavy atom. The van der Waals surface area contributed by atoms with E-state index in [4.69, 9.17) is 14.2 Å². The van der Waals surface area contributed by atoms with E-state index < -0.39 is 5.82 Å². The summed E-state index contributed by atoms with van der Waals surface area (Å²) in [6.07, 6.45) is 6.95. The van der Waals surface area contributed by atoms with E-state index in [9.17, 15) is 0 Å². The van der Waals surface area contributed by atoms with E-state index in [2.05, 4.69) is 15.0 Å². The zero-order chi connectivity index (χ0) is 22.1. The summed E-state index contributed by atoms with van der Waals surface area (Å²) in [4.78, 5) is 11.6. The van der Waals surface area contributed by atoms with Crippen molar-refractivity contribution in [1.82, 2.24) is 19.5 Å². The highest BCUT2D eigenvalue weighted by atomic mass is 19.1. The van der Waals surface area contributed by atoms with Gasteiger partial charge in [-0.2, -0.15) is 0 Å². The third kappa shape index (κ3) is 3.71. The van der Waals surface area contributed by atoms with E-state index in [1.54, 1.807) is 62.2 Å². The molecule has 0 amide bonds. The van der Waals surface area contributed by atoms with Gasteiger partial charge in [-0.15, -0.1) is 0 Å². The Labute approximate surface area is 183 Å². The van der Waals surface area contributed by atoms with Crippen LogP contribution in [0.4, 0.5) is 4.39 Å². The van der Waals surface area contributed by atoms with Crippen LogP contribution in [0.5, 0.6) is 23.0 Å². The number of nitrogens with zero attached hydrogens (tertiary/aromatic N) is 3. The molecule has 7 nitrogen and oxygen atoms in total. The van der Waals surface area contributed by atoms with Crippen molar-refractivity contribution >= 4 is 21.8 Å². The van der Waals surface area contributed by atoms with Gasteiger partial charge in [-0.1, -0.05) is 0 Å². The van der Waals surface area contributed by atoms with E-state index in [1.807, 2.05) is 17.7 Å². The Bertz CT molecular complexity index is 1400. The summed E-state index contributed by atoms with van der Waals surface area (Å²) in [5.74, 6) is 1.31. The number of hydrogen-bond donors (Lipinski definition) is 1. The Morgan fingerprint density at radius 1 is 1.00 bits per heavy atom. The van der Waals surface area contributed by atoms with Gasteiger partial charge in [0, 0.05) is 46.6 Å². The molecule has 3 heterocycles. The van der Waals surface area contributed by atoms with Crippen LogP contribution in [0, 0.1) is 12.7 Å². The van der Waals surface area contributed by atoms with Crippen LogP contribution in [0.2, 0.25) is 0 Å². The third-order valence-electron chi connectivity index (χ3n) is 5.21. The monoisotopic (exact) mass is 432 g/mol. The quantitative estimate of drug-likeness (QED) is 0.381. The lowest BCUT2D eigenvalue weighted by atomic mass is 10.1. The Hall–Kier alpha value is -4.07. The molecular formula is C24H21FN4O3. The van der Waals surface area contributed by atoms with Gasteiger partial charge in [0.25, 0.3) is 0 Å². The molecule has 3 aromatic heterocycles. The number of H-pyrrole nitrogens is 1. The summed E-state index contributed by atoms with van der Waals surface area (Å²) in [5.41, 5.74) is 2.27. The summed E-state index contributed by atoms with van der Waals surface area (Å²) >= 11 is 0. The van der Waals surface area contributed by atoms with E-state index in [0.29, 0.717) is 46.7 Å². The topological polar surface area (TPSA) is 74.2 Å². The van der Waals surface area contributed by atoms with Crippen LogP contribution in [0.3, 0.4) is 0 Å². The number of pyridine rings is 1. The fraction of sp³-hybridized carbons (Fsp3) is 0.167. The predicted octanol–water partition coefficient (Wildman–Crippen LogP) is 5.24. The molecule has 0 aliphatic rings. The molecule has 0 bridgehead atoms. The van der Waals surface area contributed by atoms with Gasteiger partial charge in [-0.25, -0.2) is 9.37 Å². The lowest BCUT2D eigenvalue weighted by molar-refractivity contribution is 0.280. The van der Waals surface area contributed by atoms with E-state index in [-0.39, 0.29) is 5.75 Å². The number of fused-ring (bicyclic) bond motifs is 2. The maximum Gasteiger partial charge on any atom is 0.175 e. The number of rotatable bonds is 7. The summed E-state index contributed by atoms with van der Waals surface area (Å²) in [6.45, 7) is 2.98. The first-order valence-corrected chi connectivity index (χ1v) is 10.1. The van der Waals surface area contributed by atoms with Crippen molar-refractivity contribution in [3.05, 3.63) is 72.8 Å². The zero-order valence-electron chi connectivity index (χ0n) is 17.6. The van der Waals surface area contributed by atoms with Crippen LogP contribution in [0.15, 0.2) is 61.3 Å². The molecule has 0 atom stereocenters. The standard InChI is InChI=1S/C24H21FN4O3/c1-15-11-17-18(28-15)3-4-21(24(17)25)32-20-5-6-27-19-13-23(22(30-2)12-16(19)20)31-10-9-29-8-7-26-14-29/h3-8,11-14,28H,9-10H2,1-2H3. The predicted molar refractivity (Wildman–Crippen MR) is 119 cm³/mol. The van der Waals surface area contributed by atoms with Crippen molar-refractivity contribution in [2.45, 2.75) is 13.5 Å². The number of methoxy groups -OCH3 is 1. The molecule has 162 valence electrons. The summed E-state index contributed by atoms with van der Waals surface area (Å²) in [5, 5.41) is 1.18. The molecule has 5 rings (SSSR count). The fourth-order valence-corrected chi connectivity index (χ4v) is 3.66. The van der Waals surface area contributed by atoms with Gasteiger partial charge in [-0.3, -0.25) is 4.98 Å². The summed E-state index contributed by atoms with van der Waals surface area (Å²) < 4.78 is 34.4. The average Bonchev–Trinajstić information content (AvgIpc) is 3.45. The fourth-order valence-electron chi connectivity index (χ4n) is 3.66. The zero-order valence-corrected chi connectivity index (χ0v) is 17.6. The van der Waals surface area contributed by atoms with Crippen LogP contribution >= 0.6 is 0 Å². The summed E-state index contributed by atoms with van der Waals surface area (Å²) in [6, 6.07) is 10.5. The number of halogens is 1. The number of hydrogen-bond acceptors (Lipinski definition) is 5. The van der Waals surface area contributed by atoms with E-state index in [0.717, 1.165) is 11.2 Å². The lowest BCUT2D eigenvalue weighted by Gasteiger charge is -2.14. The SMILES string of the molecule is COc1cc2c(Oc3ccc4[nH]c(C)cc4c3F)ccnc2cc1OCCn1ccnc1. The molecule has 0 spiro atoms. The maximum atomic E-state index is 15.0. The van der Waals surface area contributed by atoms with E-state index >= 15 is 4.39 Å². The first-order chi connectivity index (χ1) is 15.6. The number of ether oxygens (including phenoxy) is 3. The van der Waals surface area contributed by atoms with E-state index in [1.165, 1.54) is 0 Å². The number of aromatic amines is 1. The molecule has 8 heteroatoms. The van der Waals surface area contributed by atoms with Gasteiger partial charge in [-0.05, 0) is 37.3 Å². The number of aryl methyl sites for hydroxylation is 1. The van der Waals surface area contributed by atoms with Crippen LogP contribution < -0.4 is 14.2 Å². The molecular weight excluding hydrogens is 411 g/mol. The molecule has 0 fully saturated rings. The molecule has 0 aliphatic carbocycles. The normalized spacial score (nSPS) is 11.2. The van der Waals surface area contributed by atoms with Crippen LogP contribution in [-0.4, -0.2) is 33.2 Å². The maximum absolute atomic E-state index is 15.0. The van der Waals surface area contributed by atoms with Crippen molar-refractivity contribution in [3.8, 4) is 23.0 Å². The van der Waals surface area contributed by atoms with Gasteiger partial charge < -0.3 is 23.8 Å². The number of nitrogens with one attached hydrogen (secondary N) is 1. The van der Waals surface area contributed by atoms with Gasteiger partial charge in [0.1, 0.15) is 12.4 Å². The molecule has 0 saturated carbocycles. The summed E-state index contributed by atoms with van der Waals surface area (Å²) in [7, 11) is 1.57. The highest BCUT2D eigenvalue weighted by Crippen LogP contribution is 2.38. The number of benzene rings is 2. The largest absolute Gasteiger partial charge is 0.493 e. The third-order valence-corrected chi connectivity index (χ3v) is 5.21. The highest BCUT2D eigenvalue weighted by molar-refractivity contribution is 5.89. The minimum atomic E-state index is -0.414. The van der Waals surface area contributed by atoms with Gasteiger partial charge in [0.2, 0.25) is 0 Å².